The summed E-state index contributed by atoms with van der Waals surface area (Å²) < 4.78 is 0. The van der Waals surface area contributed by atoms with Gasteiger partial charge in [-0.25, -0.2) is 0 Å². The van der Waals surface area contributed by atoms with Crippen LogP contribution in [0, 0.1) is 22.2 Å². The first kappa shape index (κ1) is 9.93. The number of hydrogen-bond donors (Lipinski definition) is 0. The number of allylic oxidation sites excluding steroid dienone is 1. The van der Waals surface area contributed by atoms with E-state index in [1.54, 1.807) is 5.57 Å². The summed E-state index contributed by atoms with van der Waals surface area (Å²) >= 11 is 0. The van der Waals surface area contributed by atoms with E-state index in [2.05, 4.69) is 27.4 Å². The summed E-state index contributed by atoms with van der Waals surface area (Å²) in [5.74, 6) is 0.925. The molecule has 0 N–H and O–H groups in total. The summed E-state index contributed by atoms with van der Waals surface area (Å²) in [6.07, 6.45) is 8.54. The Labute approximate surface area is 94.1 Å². The summed E-state index contributed by atoms with van der Waals surface area (Å²) in [4.78, 5) is 0. The molecule has 0 unspecified atom stereocenters. The van der Waals surface area contributed by atoms with Gasteiger partial charge in [-0.05, 0) is 54.3 Å². The predicted octanol–water partition coefficient (Wildman–Crippen LogP) is 4.56. The van der Waals surface area contributed by atoms with Crippen LogP contribution in [0.25, 0.3) is 0 Å². The molecule has 0 aromatic rings. The first-order valence-corrected chi connectivity index (χ1v) is 6.65. The van der Waals surface area contributed by atoms with Crippen LogP contribution in [0.2, 0.25) is 0 Å². The molecule has 0 heterocycles. The van der Waals surface area contributed by atoms with E-state index < -0.39 is 0 Å². The lowest BCUT2D eigenvalue weighted by Crippen LogP contribution is -2.41. The van der Waals surface area contributed by atoms with Crippen LogP contribution in [-0.4, -0.2) is 0 Å². The SMILES string of the molecule is C=C1C[C@@]2(C)CCC[C@]23[C@@H](C)CC[C@]13C. The zero-order valence-corrected chi connectivity index (χ0v) is 10.5. The predicted molar refractivity (Wildman–Crippen MR) is 64.7 cm³/mol. The minimum Gasteiger partial charge on any atom is -0.0993 e. The van der Waals surface area contributed by atoms with Crippen molar-refractivity contribution in [2.24, 2.45) is 22.2 Å². The van der Waals surface area contributed by atoms with E-state index >= 15 is 0 Å². The van der Waals surface area contributed by atoms with Crippen molar-refractivity contribution in [3.63, 3.8) is 0 Å². The second kappa shape index (κ2) is 2.52. The number of hydrogen-bond acceptors (Lipinski definition) is 0. The molecule has 3 fully saturated rings. The Bertz CT molecular complexity index is 329. The fourth-order valence-electron chi connectivity index (χ4n) is 5.99. The Morgan fingerprint density at radius 1 is 1.20 bits per heavy atom. The summed E-state index contributed by atoms with van der Waals surface area (Å²) in [7, 11) is 0. The van der Waals surface area contributed by atoms with Crippen molar-refractivity contribution >= 4 is 0 Å². The molecule has 15 heavy (non-hydrogen) atoms. The maximum Gasteiger partial charge on any atom is -0.00545 e. The van der Waals surface area contributed by atoms with Crippen molar-refractivity contribution in [3.05, 3.63) is 12.2 Å². The third kappa shape index (κ3) is 0.797. The van der Waals surface area contributed by atoms with Gasteiger partial charge in [0.25, 0.3) is 0 Å². The maximum atomic E-state index is 4.43. The van der Waals surface area contributed by atoms with Crippen molar-refractivity contribution < 1.29 is 0 Å². The lowest BCUT2D eigenvalue weighted by Gasteiger charge is -2.47. The van der Waals surface area contributed by atoms with Crippen LogP contribution in [0.4, 0.5) is 0 Å². The molecular weight excluding hydrogens is 180 g/mol. The molecule has 1 spiro atoms. The van der Waals surface area contributed by atoms with Crippen molar-refractivity contribution in [1.29, 1.82) is 0 Å². The van der Waals surface area contributed by atoms with Gasteiger partial charge in [0.05, 0.1) is 0 Å². The molecule has 84 valence electrons. The first-order chi connectivity index (χ1) is 6.96. The van der Waals surface area contributed by atoms with E-state index in [0.29, 0.717) is 16.2 Å². The van der Waals surface area contributed by atoms with Gasteiger partial charge < -0.3 is 0 Å². The summed E-state index contributed by atoms with van der Waals surface area (Å²) in [5, 5.41) is 0. The summed E-state index contributed by atoms with van der Waals surface area (Å²) in [6, 6.07) is 0. The minimum absolute atomic E-state index is 0.484. The topological polar surface area (TPSA) is 0 Å². The number of rotatable bonds is 0. The second-order valence-corrected chi connectivity index (χ2v) is 6.94. The van der Waals surface area contributed by atoms with Crippen molar-refractivity contribution in [3.8, 4) is 0 Å². The van der Waals surface area contributed by atoms with E-state index in [1.165, 1.54) is 38.5 Å². The molecule has 3 rings (SSSR count). The Kier molecular flexibility index (Phi) is 1.67. The lowest BCUT2D eigenvalue weighted by atomic mass is 9.57. The largest absolute Gasteiger partial charge is 0.0993 e. The molecule has 0 saturated heterocycles. The Morgan fingerprint density at radius 2 is 1.93 bits per heavy atom. The van der Waals surface area contributed by atoms with E-state index in [4.69, 9.17) is 0 Å². The van der Waals surface area contributed by atoms with E-state index in [1.807, 2.05) is 0 Å². The zero-order valence-electron chi connectivity index (χ0n) is 10.5. The highest BCUT2D eigenvalue weighted by Crippen LogP contribution is 2.79. The monoisotopic (exact) mass is 204 g/mol. The highest BCUT2D eigenvalue weighted by atomic mass is 14.7. The summed E-state index contributed by atoms with van der Waals surface area (Å²) in [5.41, 5.74) is 3.28. The van der Waals surface area contributed by atoms with Crippen molar-refractivity contribution in [1.82, 2.24) is 0 Å². The van der Waals surface area contributed by atoms with Crippen LogP contribution in [0.3, 0.4) is 0 Å². The lowest BCUT2D eigenvalue weighted by molar-refractivity contribution is 0.0171. The molecule has 0 aliphatic heterocycles. The normalized spacial score (nSPS) is 58.3. The fourth-order valence-corrected chi connectivity index (χ4v) is 5.99. The molecule has 4 atom stereocenters. The van der Waals surface area contributed by atoms with Crippen molar-refractivity contribution in [2.45, 2.75) is 59.3 Å². The average molecular weight is 204 g/mol. The van der Waals surface area contributed by atoms with Crippen LogP contribution in [0.5, 0.6) is 0 Å². The van der Waals surface area contributed by atoms with Gasteiger partial charge in [0.1, 0.15) is 0 Å². The molecule has 0 heteroatoms. The van der Waals surface area contributed by atoms with Crippen LogP contribution >= 0.6 is 0 Å². The molecule has 0 radical (unpaired) electrons. The molecule has 0 aromatic carbocycles. The zero-order chi connectivity index (χ0) is 10.9. The van der Waals surface area contributed by atoms with Gasteiger partial charge in [-0.3, -0.25) is 0 Å². The quantitative estimate of drug-likeness (QED) is 0.507. The molecule has 0 aromatic heterocycles. The van der Waals surface area contributed by atoms with E-state index in [-0.39, 0.29) is 0 Å². The molecule has 3 saturated carbocycles. The van der Waals surface area contributed by atoms with Gasteiger partial charge in [0.2, 0.25) is 0 Å². The van der Waals surface area contributed by atoms with Gasteiger partial charge in [-0.1, -0.05) is 39.3 Å². The van der Waals surface area contributed by atoms with Gasteiger partial charge >= 0.3 is 0 Å². The Balaban J connectivity index is 2.21. The molecule has 0 bridgehead atoms. The van der Waals surface area contributed by atoms with Gasteiger partial charge in [0.15, 0.2) is 0 Å². The van der Waals surface area contributed by atoms with Crippen LogP contribution < -0.4 is 0 Å². The fraction of sp³-hybridized carbons (Fsp3) is 0.867. The molecular formula is C15H24. The van der Waals surface area contributed by atoms with Crippen LogP contribution in [-0.2, 0) is 0 Å². The Morgan fingerprint density at radius 3 is 2.67 bits per heavy atom. The molecule has 3 aliphatic rings. The molecule has 0 nitrogen and oxygen atoms in total. The van der Waals surface area contributed by atoms with Crippen molar-refractivity contribution in [2.75, 3.05) is 0 Å². The van der Waals surface area contributed by atoms with Crippen LogP contribution in [0.1, 0.15) is 59.3 Å². The van der Waals surface area contributed by atoms with Crippen LogP contribution in [0.15, 0.2) is 12.2 Å². The minimum atomic E-state index is 0.484. The molecule has 3 aliphatic carbocycles. The Hall–Kier alpha value is -0.260. The smallest absolute Gasteiger partial charge is 0.00545 e. The highest BCUT2D eigenvalue weighted by Gasteiger charge is 2.70. The first-order valence-electron chi connectivity index (χ1n) is 6.65. The summed E-state index contributed by atoms with van der Waals surface area (Å²) in [6.45, 7) is 12.0. The highest BCUT2D eigenvalue weighted by molar-refractivity contribution is 5.33. The molecule has 0 amide bonds. The van der Waals surface area contributed by atoms with E-state index in [9.17, 15) is 0 Å². The average Bonchev–Trinajstić information content (AvgIpc) is 2.67. The van der Waals surface area contributed by atoms with E-state index in [0.717, 1.165) is 5.92 Å². The van der Waals surface area contributed by atoms with Gasteiger partial charge in [0, 0.05) is 0 Å². The second-order valence-electron chi connectivity index (χ2n) is 6.94. The standard InChI is InChI=1S/C15H24/c1-11-6-9-14(4)12(2)10-13(3)7-5-8-15(11,13)14/h11H,2,5-10H2,1,3-4H3/t11-,13+,14+,15-/m0/s1. The van der Waals surface area contributed by atoms with Gasteiger partial charge in [-0.15, -0.1) is 0 Å². The maximum absolute atomic E-state index is 4.43. The third-order valence-corrected chi connectivity index (χ3v) is 6.66. The third-order valence-electron chi connectivity index (χ3n) is 6.66. The van der Waals surface area contributed by atoms with Gasteiger partial charge in [-0.2, -0.15) is 0 Å².